The smallest absolute Gasteiger partial charge is 0.187 e. The Morgan fingerprint density at radius 2 is 1.83 bits per heavy atom. The summed E-state index contributed by atoms with van der Waals surface area (Å²) in [6.07, 6.45) is 3.12. The minimum Gasteiger partial charge on any atom is -0.289 e. The molecular weight excluding hydrogens is 251 g/mol. The van der Waals surface area contributed by atoms with Crippen LogP contribution in [0, 0.1) is 5.82 Å². The van der Waals surface area contributed by atoms with Gasteiger partial charge in [0.15, 0.2) is 5.78 Å². The highest BCUT2D eigenvalue weighted by atomic mass is 35.5. The lowest BCUT2D eigenvalue weighted by Gasteiger charge is -1.99. The minimum absolute atomic E-state index is 0.123. The van der Waals surface area contributed by atoms with Crippen molar-refractivity contribution in [3.05, 3.63) is 76.6 Å². The van der Waals surface area contributed by atoms with Gasteiger partial charge in [0.1, 0.15) is 5.82 Å². The molecule has 0 radical (unpaired) electrons. The fourth-order valence-corrected chi connectivity index (χ4v) is 1.78. The third kappa shape index (κ3) is 3.05. The van der Waals surface area contributed by atoms with Crippen molar-refractivity contribution in [1.82, 2.24) is 0 Å². The molecule has 0 fully saturated rings. The predicted molar refractivity (Wildman–Crippen MR) is 71.2 cm³/mol. The number of hydrogen-bond acceptors (Lipinski definition) is 1. The summed E-state index contributed by atoms with van der Waals surface area (Å²) in [5.41, 5.74) is 1.22. The Morgan fingerprint density at radius 3 is 2.50 bits per heavy atom. The first kappa shape index (κ1) is 12.5. The Hall–Kier alpha value is -1.93. The van der Waals surface area contributed by atoms with E-state index in [2.05, 4.69) is 0 Å². The van der Waals surface area contributed by atoms with Gasteiger partial charge in [-0.25, -0.2) is 4.39 Å². The van der Waals surface area contributed by atoms with Crippen molar-refractivity contribution >= 4 is 23.5 Å². The number of hydrogen-bond donors (Lipinski definition) is 0. The van der Waals surface area contributed by atoms with Gasteiger partial charge in [-0.05, 0) is 29.8 Å². The molecule has 2 aromatic carbocycles. The fourth-order valence-electron chi connectivity index (χ4n) is 1.52. The van der Waals surface area contributed by atoms with Crippen LogP contribution in [0.4, 0.5) is 4.39 Å². The predicted octanol–water partition coefficient (Wildman–Crippen LogP) is 4.38. The van der Waals surface area contributed by atoms with Crippen LogP contribution >= 0.6 is 11.6 Å². The molecule has 0 aliphatic heterocycles. The zero-order valence-corrected chi connectivity index (χ0v) is 10.2. The van der Waals surface area contributed by atoms with Crippen molar-refractivity contribution in [2.45, 2.75) is 0 Å². The van der Waals surface area contributed by atoms with E-state index in [0.717, 1.165) is 11.6 Å². The molecule has 0 atom stereocenters. The summed E-state index contributed by atoms with van der Waals surface area (Å²) in [6, 6.07) is 13.2. The van der Waals surface area contributed by atoms with E-state index in [0.29, 0.717) is 5.56 Å². The first-order valence-corrected chi connectivity index (χ1v) is 5.77. The molecule has 0 amide bonds. The summed E-state index contributed by atoms with van der Waals surface area (Å²) in [5.74, 6) is -0.701. The van der Waals surface area contributed by atoms with Crippen LogP contribution in [0.25, 0.3) is 6.08 Å². The third-order valence-corrected chi connectivity index (χ3v) is 2.74. The van der Waals surface area contributed by atoms with Gasteiger partial charge in [0.05, 0.1) is 5.02 Å². The van der Waals surface area contributed by atoms with Crippen LogP contribution in [0.1, 0.15) is 15.9 Å². The molecule has 3 heteroatoms. The molecule has 90 valence electrons. The molecule has 2 rings (SSSR count). The number of carbonyl (C=O) groups is 1. The van der Waals surface area contributed by atoms with Gasteiger partial charge in [-0.1, -0.05) is 48.0 Å². The molecular formula is C15H10ClFO. The van der Waals surface area contributed by atoms with Crippen LogP contribution in [0.5, 0.6) is 0 Å². The maximum absolute atomic E-state index is 12.8. The molecule has 0 aliphatic rings. The molecule has 0 heterocycles. The van der Waals surface area contributed by atoms with Crippen LogP contribution in [0.15, 0.2) is 54.6 Å². The second kappa shape index (κ2) is 5.61. The molecule has 0 aromatic heterocycles. The van der Waals surface area contributed by atoms with Crippen molar-refractivity contribution in [3.63, 3.8) is 0 Å². The maximum Gasteiger partial charge on any atom is 0.187 e. The quantitative estimate of drug-likeness (QED) is 0.591. The van der Waals surface area contributed by atoms with Gasteiger partial charge in [-0.15, -0.1) is 0 Å². The molecule has 0 N–H and O–H groups in total. The van der Waals surface area contributed by atoms with Gasteiger partial charge in [0, 0.05) is 5.56 Å². The Balaban J connectivity index is 2.20. The lowest BCUT2D eigenvalue weighted by molar-refractivity contribution is 0.104. The molecule has 1 nitrogen and oxygen atoms in total. The lowest BCUT2D eigenvalue weighted by atomic mass is 10.1. The molecule has 0 aliphatic carbocycles. The monoisotopic (exact) mass is 260 g/mol. The molecule has 0 bridgehead atoms. The number of halogens is 2. The van der Waals surface area contributed by atoms with Crippen molar-refractivity contribution < 1.29 is 9.18 Å². The highest BCUT2D eigenvalue weighted by Crippen LogP contribution is 2.18. The van der Waals surface area contributed by atoms with Crippen LogP contribution in [-0.2, 0) is 0 Å². The van der Waals surface area contributed by atoms with Crippen LogP contribution < -0.4 is 0 Å². The summed E-state index contributed by atoms with van der Waals surface area (Å²) in [5, 5.41) is 0.123. The zero-order valence-electron chi connectivity index (χ0n) is 9.44. The van der Waals surface area contributed by atoms with Gasteiger partial charge < -0.3 is 0 Å². The zero-order chi connectivity index (χ0) is 13.0. The van der Waals surface area contributed by atoms with Crippen LogP contribution in [-0.4, -0.2) is 5.78 Å². The summed E-state index contributed by atoms with van der Waals surface area (Å²) in [7, 11) is 0. The first-order valence-electron chi connectivity index (χ1n) is 5.39. The highest BCUT2D eigenvalue weighted by Gasteiger charge is 2.07. The lowest BCUT2D eigenvalue weighted by Crippen LogP contribution is -1.95. The second-order valence-corrected chi connectivity index (χ2v) is 4.14. The van der Waals surface area contributed by atoms with E-state index >= 15 is 0 Å². The normalized spacial score (nSPS) is 10.8. The van der Waals surface area contributed by atoms with Crippen molar-refractivity contribution in [2.75, 3.05) is 0 Å². The van der Waals surface area contributed by atoms with Gasteiger partial charge in [0.25, 0.3) is 0 Å². The van der Waals surface area contributed by atoms with Crippen LogP contribution in [0.2, 0.25) is 5.02 Å². The Kier molecular flexibility index (Phi) is 3.90. The minimum atomic E-state index is -0.455. The van der Waals surface area contributed by atoms with Crippen molar-refractivity contribution in [1.29, 1.82) is 0 Å². The molecule has 18 heavy (non-hydrogen) atoms. The molecule has 0 saturated heterocycles. The average Bonchev–Trinajstić information content (AvgIpc) is 2.37. The van der Waals surface area contributed by atoms with E-state index in [4.69, 9.17) is 11.6 Å². The summed E-state index contributed by atoms with van der Waals surface area (Å²) >= 11 is 5.81. The van der Waals surface area contributed by atoms with Crippen molar-refractivity contribution in [3.8, 4) is 0 Å². The SMILES string of the molecule is O=C(C=Cc1ccccc1)c1ccc(F)cc1Cl. The average molecular weight is 261 g/mol. The highest BCUT2D eigenvalue weighted by molar-refractivity contribution is 6.34. The topological polar surface area (TPSA) is 17.1 Å². The van der Waals surface area contributed by atoms with Gasteiger partial charge in [0.2, 0.25) is 0 Å². The Bertz CT molecular complexity index is 591. The van der Waals surface area contributed by atoms with E-state index in [1.165, 1.54) is 18.2 Å². The third-order valence-electron chi connectivity index (χ3n) is 2.42. The summed E-state index contributed by atoms with van der Waals surface area (Å²) in [6.45, 7) is 0. The van der Waals surface area contributed by atoms with Gasteiger partial charge in [-0.3, -0.25) is 4.79 Å². The summed E-state index contributed by atoms with van der Waals surface area (Å²) < 4.78 is 12.8. The molecule has 0 saturated carbocycles. The summed E-state index contributed by atoms with van der Waals surface area (Å²) in [4.78, 5) is 11.9. The van der Waals surface area contributed by atoms with Crippen LogP contribution in [0.3, 0.4) is 0 Å². The van der Waals surface area contributed by atoms with Gasteiger partial charge >= 0.3 is 0 Å². The maximum atomic E-state index is 12.8. The first-order chi connectivity index (χ1) is 8.66. The van der Waals surface area contributed by atoms with Gasteiger partial charge in [-0.2, -0.15) is 0 Å². The number of carbonyl (C=O) groups excluding carboxylic acids is 1. The Morgan fingerprint density at radius 1 is 1.11 bits per heavy atom. The van der Waals surface area contributed by atoms with E-state index in [1.54, 1.807) is 6.08 Å². The van der Waals surface area contributed by atoms with E-state index < -0.39 is 5.82 Å². The molecule has 0 unspecified atom stereocenters. The number of allylic oxidation sites excluding steroid dienone is 1. The van der Waals surface area contributed by atoms with E-state index in [1.807, 2.05) is 30.3 Å². The van der Waals surface area contributed by atoms with E-state index in [9.17, 15) is 9.18 Å². The standard InChI is InChI=1S/C15H10ClFO/c16-14-10-12(17)7-8-13(14)15(18)9-6-11-4-2-1-3-5-11/h1-10H. The largest absolute Gasteiger partial charge is 0.289 e. The number of benzene rings is 2. The van der Waals surface area contributed by atoms with Crippen molar-refractivity contribution in [2.24, 2.45) is 0 Å². The number of ketones is 1. The van der Waals surface area contributed by atoms with E-state index in [-0.39, 0.29) is 10.8 Å². The molecule has 2 aromatic rings. The fraction of sp³-hybridized carbons (Fsp3) is 0. The number of rotatable bonds is 3. The second-order valence-electron chi connectivity index (χ2n) is 3.73. The molecule has 0 spiro atoms. The Labute approximate surface area is 110 Å².